The lowest BCUT2D eigenvalue weighted by atomic mass is 9.97. The molecule has 0 saturated heterocycles. The molecule has 0 radical (unpaired) electrons. The summed E-state index contributed by atoms with van der Waals surface area (Å²) < 4.78 is 0. The molecule has 1 heterocycles. The smallest absolute Gasteiger partial charge is 0.250 e. The minimum atomic E-state index is -0.490. The van der Waals surface area contributed by atoms with E-state index in [0.29, 0.717) is 11.1 Å². The zero-order valence-electron chi connectivity index (χ0n) is 10.9. The van der Waals surface area contributed by atoms with E-state index in [1.807, 2.05) is 0 Å². The highest BCUT2D eigenvalue weighted by Gasteiger charge is 2.15. The lowest BCUT2D eigenvalue weighted by Crippen LogP contribution is -2.24. The van der Waals surface area contributed by atoms with Gasteiger partial charge in [0, 0.05) is 23.5 Å². The normalized spacial score (nSPS) is 11.7. The number of pyridine rings is 1. The summed E-state index contributed by atoms with van der Waals surface area (Å²) in [5.74, 6) is -1.09. The topological polar surface area (TPSA) is 79.3 Å². The number of aromatic nitrogens is 1. The molecule has 2 rings (SSSR count). The Bertz CT molecular complexity index is 609. The minimum Gasteiger partial charge on any atom is -0.289 e. The van der Waals surface area contributed by atoms with Crippen molar-refractivity contribution in [2.75, 3.05) is 0 Å². The van der Waals surface area contributed by atoms with Crippen LogP contribution in [0.4, 0.5) is 0 Å². The maximum atomic E-state index is 12.2. The van der Waals surface area contributed by atoms with E-state index in [2.05, 4.69) is 4.98 Å². The van der Waals surface area contributed by atoms with Crippen LogP contribution in [0.5, 0.6) is 0 Å². The molecule has 0 spiro atoms. The van der Waals surface area contributed by atoms with Crippen LogP contribution in [0.3, 0.4) is 0 Å². The summed E-state index contributed by atoms with van der Waals surface area (Å²) in [6.45, 7) is 1.67. The maximum Gasteiger partial charge on any atom is 0.250 e. The molecule has 0 aliphatic carbocycles. The van der Waals surface area contributed by atoms with Gasteiger partial charge in [0.05, 0.1) is 5.92 Å². The number of carbonyl (C=O) groups is 2. The molecule has 1 aromatic heterocycles. The molecular formula is C15H14N2O3. The summed E-state index contributed by atoms with van der Waals surface area (Å²) in [6.07, 6.45) is 3.12. The summed E-state index contributed by atoms with van der Waals surface area (Å²) in [7, 11) is 0. The largest absolute Gasteiger partial charge is 0.289 e. The minimum absolute atomic E-state index is 0.121. The van der Waals surface area contributed by atoms with Gasteiger partial charge in [-0.05, 0) is 24.6 Å². The Morgan fingerprint density at radius 2 is 1.85 bits per heavy atom. The lowest BCUT2D eigenvalue weighted by Gasteiger charge is -2.10. The predicted molar refractivity (Wildman–Crippen MR) is 72.5 cm³/mol. The number of hydrogen-bond donors (Lipinski definition) is 2. The van der Waals surface area contributed by atoms with E-state index in [0.717, 1.165) is 5.56 Å². The first-order valence-electron chi connectivity index (χ1n) is 6.12. The van der Waals surface area contributed by atoms with Crippen molar-refractivity contribution in [2.24, 2.45) is 0 Å². The van der Waals surface area contributed by atoms with Gasteiger partial charge in [-0.15, -0.1) is 0 Å². The fourth-order valence-electron chi connectivity index (χ4n) is 1.84. The molecule has 0 fully saturated rings. The van der Waals surface area contributed by atoms with Crippen molar-refractivity contribution >= 4 is 11.7 Å². The van der Waals surface area contributed by atoms with Gasteiger partial charge in [0.15, 0.2) is 5.78 Å². The van der Waals surface area contributed by atoms with Crippen molar-refractivity contribution in [3.05, 3.63) is 65.5 Å². The Kier molecular flexibility index (Phi) is 4.22. The van der Waals surface area contributed by atoms with E-state index in [4.69, 9.17) is 5.21 Å². The second-order valence-corrected chi connectivity index (χ2v) is 4.39. The van der Waals surface area contributed by atoms with Crippen molar-refractivity contribution in [3.63, 3.8) is 0 Å². The number of rotatable bonds is 4. The molecule has 5 heteroatoms. The van der Waals surface area contributed by atoms with Crippen LogP contribution >= 0.6 is 0 Å². The molecule has 0 saturated carbocycles. The number of ketones is 1. The number of nitrogens with one attached hydrogen (secondary N) is 1. The van der Waals surface area contributed by atoms with Crippen LogP contribution in [0.15, 0.2) is 48.8 Å². The average Bonchev–Trinajstić information content (AvgIpc) is 2.53. The van der Waals surface area contributed by atoms with Crippen LogP contribution in [-0.2, 0) is 4.79 Å². The molecule has 0 bridgehead atoms. The van der Waals surface area contributed by atoms with E-state index >= 15 is 0 Å². The molecule has 2 N–H and O–H groups in total. The Balaban J connectivity index is 2.21. The highest BCUT2D eigenvalue weighted by Crippen LogP contribution is 2.17. The molecular weight excluding hydrogens is 256 g/mol. The summed E-state index contributed by atoms with van der Waals surface area (Å²) in [4.78, 5) is 27.4. The molecule has 102 valence electrons. The highest BCUT2D eigenvalue weighted by molar-refractivity contribution is 6.08. The molecule has 1 amide bonds. The predicted octanol–water partition coefficient (Wildman–Crippen LogP) is 1.92. The van der Waals surface area contributed by atoms with E-state index in [-0.39, 0.29) is 5.78 Å². The van der Waals surface area contributed by atoms with Crippen molar-refractivity contribution in [2.45, 2.75) is 12.8 Å². The first-order chi connectivity index (χ1) is 9.63. The average molecular weight is 270 g/mol. The molecule has 0 aliphatic heterocycles. The number of hydroxylamine groups is 1. The Labute approximate surface area is 116 Å². The number of hydrogen-bond acceptors (Lipinski definition) is 4. The van der Waals surface area contributed by atoms with Crippen molar-refractivity contribution in [1.29, 1.82) is 0 Å². The molecule has 20 heavy (non-hydrogen) atoms. The van der Waals surface area contributed by atoms with Gasteiger partial charge in [-0.1, -0.05) is 24.3 Å². The van der Waals surface area contributed by atoms with Crippen molar-refractivity contribution in [3.8, 4) is 0 Å². The Hall–Kier alpha value is -2.53. The molecule has 0 aliphatic rings. The molecule has 2 aromatic rings. The van der Waals surface area contributed by atoms with Crippen LogP contribution in [0, 0.1) is 0 Å². The zero-order chi connectivity index (χ0) is 14.5. The zero-order valence-corrected chi connectivity index (χ0v) is 10.9. The van der Waals surface area contributed by atoms with Gasteiger partial charge in [0.2, 0.25) is 0 Å². The van der Waals surface area contributed by atoms with Crippen molar-refractivity contribution in [1.82, 2.24) is 10.5 Å². The van der Waals surface area contributed by atoms with E-state index < -0.39 is 11.8 Å². The van der Waals surface area contributed by atoms with Gasteiger partial charge < -0.3 is 0 Å². The monoisotopic (exact) mass is 270 g/mol. The molecule has 1 atom stereocenters. The maximum absolute atomic E-state index is 12.2. The third-order valence-electron chi connectivity index (χ3n) is 3.10. The molecule has 1 aromatic carbocycles. The van der Waals surface area contributed by atoms with Crippen LogP contribution in [0.2, 0.25) is 0 Å². The van der Waals surface area contributed by atoms with E-state index in [1.165, 1.54) is 6.20 Å². The number of benzene rings is 1. The van der Waals surface area contributed by atoms with Crippen LogP contribution in [-0.4, -0.2) is 21.9 Å². The summed E-state index contributed by atoms with van der Waals surface area (Å²) in [5, 5.41) is 8.60. The fourth-order valence-corrected chi connectivity index (χ4v) is 1.84. The third-order valence-corrected chi connectivity index (χ3v) is 3.10. The SMILES string of the molecule is CC(C(=O)NO)c1ccc(C(=O)c2cccnc2)cc1. The summed E-state index contributed by atoms with van der Waals surface area (Å²) in [6, 6.07) is 10.1. The van der Waals surface area contributed by atoms with Gasteiger partial charge in [-0.25, -0.2) is 5.48 Å². The third kappa shape index (κ3) is 2.89. The second kappa shape index (κ2) is 6.08. The van der Waals surface area contributed by atoms with E-state index in [1.54, 1.807) is 55.0 Å². The van der Waals surface area contributed by atoms with Gasteiger partial charge in [0.1, 0.15) is 0 Å². The van der Waals surface area contributed by atoms with Gasteiger partial charge in [-0.3, -0.25) is 19.8 Å². The number of amides is 1. The van der Waals surface area contributed by atoms with Crippen LogP contribution < -0.4 is 5.48 Å². The van der Waals surface area contributed by atoms with Crippen molar-refractivity contribution < 1.29 is 14.8 Å². The molecule has 5 nitrogen and oxygen atoms in total. The van der Waals surface area contributed by atoms with Gasteiger partial charge in [0.25, 0.3) is 5.91 Å². The first-order valence-corrected chi connectivity index (χ1v) is 6.12. The number of carbonyl (C=O) groups excluding carboxylic acids is 2. The van der Waals surface area contributed by atoms with Crippen LogP contribution in [0.25, 0.3) is 0 Å². The highest BCUT2D eigenvalue weighted by atomic mass is 16.5. The fraction of sp³-hybridized carbons (Fsp3) is 0.133. The van der Waals surface area contributed by atoms with Gasteiger partial charge >= 0.3 is 0 Å². The summed E-state index contributed by atoms with van der Waals surface area (Å²) >= 11 is 0. The Morgan fingerprint density at radius 3 is 2.40 bits per heavy atom. The second-order valence-electron chi connectivity index (χ2n) is 4.39. The Morgan fingerprint density at radius 1 is 1.15 bits per heavy atom. The van der Waals surface area contributed by atoms with E-state index in [9.17, 15) is 9.59 Å². The van der Waals surface area contributed by atoms with Gasteiger partial charge in [-0.2, -0.15) is 0 Å². The molecule has 1 unspecified atom stereocenters. The standard InChI is InChI=1S/C15H14N2O3/c1-10(15(19)17-20)11-4-6-12(7-5-11)14(18)13-3-2-8-16-9-13/h2-10,20H,1H3,(H,17,19). The van der Waals surface area contributed by atoms with Crippen LogP contribution in [0.1, 0.15) is 34.3 Å². The quantitative estimate of drug-likeness (QED) is 0.505. The lowest BCUT2D eigenvalue weighted by molar-refractivity contribution is -0.130. The number of nitrogens with zero attached hydrogens (tertiary/aromatic N) is 1. The summed E-state index contributed by atoms with van der Waals surface area (Å²) in [5.41, 5.74) is 3.38. The first kappa shape index (κ1) is 13.9.